The molecule has 0 bridgehead atoms. The normalized spacial score (nSPS) is 10.8. The maximum absolute atomic E-state index is 9.69. The van der Waals surface area contributed by atoms with E-state index in [0.29, 0.717) is 17.8 Å². The van der Waals surface area contributed by atoms with Crippen LogP contribution in [0.1, 0.15) is 10.6 Å². The van der Waals surface area contributed by atoms with Crippen molar-refractivity contribution < 1.29 is 5.11 Å². The van der Waals surface area contributed by atoms with E-state index in [1.165, 1.54) is 11.3 Å². The van der Waals surface area contributed by atoms with Gasteiger partial charge in [-0.05, 0) is 6.07 Å². The van der Waals surface area contributed by atoms with Crippen LogP contribution < -0.4 is 0 Å². The fraction of sp³-hybridized carbons (Fsp3) is 0.0833. The third-order valence-corrected chi connectivity index (χ3v) is 3.38. The minimum absolute atomic E-state index is 0.299. The van der Waals surface area contributed by atoms with Crippen LogP contribution in [0, 0.1) is 0 Å². The highest BCUT2D eigenvalue weighted by molar-refractivity contribution is 7.18. The van der Waals surface area contributed by atoms with E-state index in [1.807, 2.05) is 12.1 Å². The first-order valence-electron chi connectivity index (χ1n) is 5.16. The largest absolute Gasteiger partial charge is 0.508 e. The minimum Gasteiger partial charge on any atom is -0.508 e. The lowest BCUT2D eigenvalue weighted by molar-refractivity contribution is 0.469. The summed E-state index contributed by atoms with van der Waals surface area (Å²) in [6.45, 7) is 0. The summed E-state index contributed by atoms with van der Waals surface area (Å²) < 4.78 is 0. The molecule has 84 valence electrons. The number of hydrogen-bond donors (Lipinski definition) is 1. The molecule has 0 amide bonds. The quantitative estimate of drug-likeness (QED) is 0.750. The monoisotopic (exact) mass is 243 g/mol. The van der Waals surface area contributed by atoms with Crippen molar-refractivity contribution >= 4 is 21.8 Å². The highest BCUT2D eigenvalue weighted by atomic mass is 32.1. The van der Waals surface area contributed by atoms with Gasteiger partial charge >= 0.3 is 0 Å². The van der Waals surface area contributed by atoms with Crippen molar-refractivity contribution in [3.8, 4) is 5.75 Å². The molecule has 4 nitrogen and oxygen atoms in total. The first kappa shape index (κ1) is 10.2. The van der Waals surface area contributed by atoms with Gasteiger partial charge in [-0.15, -0.1) is 0 Å². The molecule has 0 saturated carbocycles. The van der Waals surface area contributed by atoms with Crippen LogP contribution in [0.4, 0.5) is 0 Å². The van der Waals surface area contributed by atoms with Crippen LogP contribution in [0.5, 0.6) is 5.75 Å². The number of para-hydroxylation sites is 1. The average molecular weight is 243 g/mol. The van der Waals surface area contributed by atoms with Crippen LogP contribution in [-0.2, 0) is 6.42 Å². The minimum atomic E-state index is 0.299. The Hall–Kier alpha value is -2.01. The zero-order chi connectivity index (χ0) is 11.7. The molecule has 0 spiro atoms. The maximum atomic E-state index is 9.69. The Morgan fingerprint density at radius 2 is 1.94 bits per heavy atom. The lowest BCUT2D eigenvalue weighted by Crippen LogP contribution is -1.87. The van der Waals surface area contributed by atoms with Gasteiger partial charge in [-0.2, -0.15) is 0 Å². The van der Waals surface area contributed by atoms with E-state index in [0.717, 1.165) is 15.4 Å². The molecule has 3 aromatic rings. The summed E-state index contributed by atoms with van der Waals surface area (Å²) in [5, 5.41) is 10.6. The predicted octanol–water partition coefficient (Wildman–Crippen LogP) is 2.38. The summed E-state index contributed by atoms with van der Waals surface area (Å²) in [7, 11) is 0. The first-order valence-corrected chi connectivity index (χ1v) is 5.98. The highest BCUT2D eigenvalue weighted by Gasteiger charge is 2.08. The smallest absolute Gasteiger partial charge is 0.189 e. The van der Waals surface area contributed by atoms with Crippen molar-refractivity contribution in [1.29, 1.82) is 0 Å². The number of phenols is 1. The second kappa shape index (κ2) is 4.10. The van der Waals surface area contributed by atoms with Crippen LogP contribution in [0.3, 0.4) is 0 Å². The number of hydrogen-bond acceptors (Lipinski definition) is 5. The molecule has 0 aliphatic rings. The fourth-order valence-electron chi connectivity index (χ4n) is 1.62. The van der Waals surface area contributed by atoms with Crippen LogP contribution in [0.25, 0.3) is 10.5 Å². The highest BCUT2D eigenvalue weighted by Crippen LogP contribution is 2.24. The third kappa shape index (κ3) is 1.97. The van der Waals surface area contributed by atoms with E-state index in [-0.39, 0.29) is 0 Å². The summed E-state index contributed by atoms with van der Waals surface area (Å²) in [6.07, 6.45) is 3.89. The number of phenolic OH excluding ortho intramolecular Hbond substituents is 1. The van der Waals surface area contributed by atoms with Crippen molar-refractivity contribution in [1.82, 2.24) is 15.0 Å². The van der Waals surface area contributed by atoms with Gasteiger partial charge in [0.25, 0.3) is 0 Å². The summed E-state index contributed by atoms with van der Waals surface area (Å²) in [4.78, 5) is 13.6. The number of rotatable bonds is 2. The van der Waals surface area contributed by atoms with E-state index in [4.69, 9.17) is 0 Å². The van der Waals surface area contributed by atoms with Gasteiger partial charge in [0.1, 0.15) is 10.8 Å². The van der Waals surface area contributed by atoms with Crippen molar-refractivity contribution in [3.05, 3.63) is 47.2 Å². The van der Waals surface area contributed by atoms with Gasteiger partial charge in [-0.25, -0.2) is 15.0 Å². The standard InChI is InChI=1S/C12H9N3OS/c16-9-4-2-1-3-8(9)7-10-15-11-12(17-10)14-6-5-13-11/h1-6,16H,7H2. The van der Waals surface area contributed by atoms with Crippen LogP contribution in [0.15, 0.2) is 36.7 Å². The summed E-state index contributed by atoms with van der Waals surface area (Å²) in [5.74, 6) is 0.299. The molecule has 0 unspecified atom stereocenters. The van der Waals surface area contributed by atoms with Crippen LogP contribution in [-0.4, -0.2) is 20.1 Å². The summed E-state index contributed by atoms with van der Waals surface area (Å²) >= 11 is 1.50. The Labute approximate surface area is 102 Å². The molecule has 2 heterocycles. The number of fused-ring (bicyclic) bond motifs is 1. The number of thiazole rings is 1. The average Bonchev–Trinajstić information content (AvgIpc) is 2.74. The zero-order valence-electron chi connectivity index (χ0n) is 8.87. The number of aromatic hydroxyl groups is 1. The Kier molecular flexibility index (Phi) is 2.45. The SMILES string of the molecule is Oc1ccccc1Cc1nc2nccnc2s1. The van der Waals surface area contributed by atoms with Gasteiger partial charge in [0.15, 0.2) is 10.5 Å². The van der Waals surface area contributed by atoms with Crippen LogP contribution >= 0.6 is 11.3 Å². The molecular weight excluding hydrogens is 234 g/mol. The molecule has 0 atom stereocenters. The Balaban J connectivity index is 1.98. The van der Waals surface area contributed by atoms with E-state index < -0.39 is 0 Å². The molecule has 2 aromatic heterocycles. The van der Waals surface area contributed by atoms with Gasteiger partial charge in [0, 0.05) is 24.4 Å². The third-order valence-electron chi connectivity index (χ3n) is 2.42. The molecule has 17 heavy (non-hydrogen) atoms. The van der Waals surface area contributed by atoms with E-state index >= 15 is 0 Å². The summed E-state index contributed by atoms with van der Waals surface area (Å²) in [5.41, 5.74) is 1.54. The Morgan fingerprint density at radius 3 is 2.76 bits per heavy atom. The van der Waals surface area contributed by atoms with Gasteiger partial charge in [0.05, 0.1) is 0 Å². The topological polar surface area (TPSA) is 58.9 Å². The number of nitrogens with zero attached hydrogens (tertiary/aromatic N) is 3. The molecule has 0 aliphatic carbocycles. The van der Waals surface area contributed by atoms with Crippen molar-refractivity contribution in [2.24, 2.45) is 0 Å². The van der Waals surface area contributed by atoms with E-state index in [1.54, 1.807) is 24.5 Å². The lowest BCUT2D eigenvalue weighted by Gasteiger charge is -2.00. The number of aromatic nitrogens is 3. The summed E-state index contributed by atoms with van der Waals surface area (Å²) in [6, 6.07) is 7.28. The second-order valence-corrected chi connectivity index (χ2v) is 4.66. The molecule has 0 saturated heterocycles. The molecule has 3 rings (SSSR count). The molecule has 0 aliphatic heterocycles. The molecule has 5 heteroatoms. The van der Waals surface area contributed by atoms with Crippen molar-refractivity contribution in [2.75, 3.05) is 0 Å². The Morgan fingerprint density at radius 1 is 1.12 bits per heavy atom. The van der Waals surface area contributed by atoms with Gasteiger partial charge in [0.2, 0.25) is 0 Å². The molecule has 0 radical (unpaired) electrons. The maximum Gasteiger partial charge on any atom is 0.189 e. The van der Waals surface area contributed by atoms with Crippen molar-refractivity contribution in [2.45, 2.75) is 6.42 Å². The predicted molar refractivity (Wildman–Crippen MR) is 66.1 cm³/mol. The van der Waals surface area contributed by atoms with Gasteiger partial charge in [-0.1, -0.05) is 29.5 Å². The number of benzene rings is 1. The molecule has 1 N–H and O–H groups in total. The second-order valence-electron chi connectivity index (χ2n) is 3.60. The molecule has 1 aromatic carbocycles. The molecular formula is C12H9N3OS. The first-order chi connectivity index (χ1) is 8.33. The fourth-order valence-corrected chi connectivity index (χ4v) is 2.50. The van der Waals surface area contributed by atoms with E-state index in [9.17, 15) is 5.11 Å². The lowest BCUT2D eigenvalue weighted by atomic mass is 10.1. The van der Waals surface area contributed by atoms with Gasteiger partial charge in [-0.3, -0.25) is 0 Å². The molecule has 0 fully saturated rings. The van der Waals surface area contributed by atoms with E-state index in [2.05, 4.69) is 15.0 Å². The van der Waals surface area contributed by atoms with Gasteiger partial charge < -0.3 is 5.11 Å². The van der Waals surface area contributed by atoms with Crippen LogP contribution in [0.2, 0.25) is 0 Å². The zero-order valence-corrected chi connectivity index (χ0v) is 9.68. The Bertz CT molecular complexity index is 632. The van der Waals surface area contributed by atoms with Crippen molar-refractivity contribution in [3.63, 3.8) is 0 Å².